The quantitative estimate of drug-likeness (QED) is 0.379. The number of nitrogens with one attached hydrogen (secondary N) is 1. The van der Waals surface area contributed by atoms with Crippen LogP contribution >= 0.6 is 11.6 Å². The molecule has 0 spiro atoms. The van der Waals surface area contributed by atoms with Crippen LogP contribution in [0, 0.1) is 0 Å². The second kappa shape index (κ2) is 5.72. The van der Waals surface area contributed by atoms with Crippen LogP contribution in [-0.4, -0.2) is 26.3 Å². The van der Waals surface area contributed by atoms with E-state index in [0.29, 0.717) is 11.4 Å². The van der Waals surface area contributed by atoms with Crippen molar-refractivity contribution in [3.8, 4) is 5.75 Å². The number of nitrogens with zero attached hydrogens (tertiary/aromatic N) is 1. The van der Waals surface area contributed by atoms with E-state index >= 15 is 0 Å². The smallest absolute Gasteiger partial charge is 0.204 e. The van der Waals surface area contributed by atoms with Crippen LogP contribution in [0.1, 0.15) is 0 Å². The fourth-order valence-electron chi connectivity index (χ4n) is 0.875. The van der Waals surface area contributed by atoms with Gasteiger partial charge < -0.3 is 4.74 Å². The summed E-state index contributed by atoms with van der Waals surface area (Å²) in [6, 6.07) is 6.88. The van der Waals surface area contributed by atoms with Gasteiger partial charge in [0.05, 0.1) is 12.8 Å². The third kappa shape index (κ3) is 4.08. The molecule has 0 unspecified atom stereocenters. The molecule has 5 nitrogen and oxygen atoms in total. The van der Waals surface area contributed by atoms with Crippen molar-refractivity contribution < 1.29 is 13.2 Å². The van der Waals surface area contributed by atoms with E-state index in [4.69, 9.17) is 16.3 Å². The molecule has 0 aliphatic rings. The molecule has 16 heavy (non-hydrogen) atoms. The number of ether oxygens (including phenoxy) is 1. The molecule has 0 heterocycles. The average molecular weight is 263 g/mol. The van der Waals surface area contributed by atoms with Crippen molar-refractivity contribution in [3.63, 3.8) is 0 Å². The van der Waals surface area contributed by atoms with E-state index in [2.05, 4.69) is 10.5 Å². The molecule has 1 aromatic carbocycles. The molecule has 0 aliphatic carbocycles. The topological polar surface area (TPSA) is 67.8 Å². The van der Waals surface area contributed by atoms with Crippen molar-refractivity contribution >= 4 is 32.7 Å². The van der Waals surface area contributed by atoms with Crippen LogP contribution in [0.15, 0.2) is 29.4 Å². The summed E-state index contributed by atoms with van der Waals surface area (Å²) in [5.41, 5.74) is 4.00. The Balaban J connectivity index is 2.61. The zero-order valence-corrected chi connectivity index (χ0v) is 10.1. The van der Waals surface area contributed by atoms with Gasteiger partial charge in [0, 0.05) is 0 Å². The van der Waals surface area contributed by atoms with Crippen LogP contribution in [0.4, 0.5) is 5.69 Å². The molecule has 0 fully saturated rings. The Hall–Kier alpha value is -1.27. The highest BCUT2D eigenvalue weighted by Gasteiger charge is 2.02. The van der Waals surface area contributed by atoms with Gasteiger partial charge in [-0.05, 0) is 24.3 Å². The van der Waals surface area contributed by atoms with Crippen molar-refractivity contribution in [1.82, 2.24) is 0 Å². The number of hydrogen-bond donors (Lipinski definition) is 1. The monoisotopic (exact) mass is 262 g/mol. The lowest BCUT2D eigenvalue weighted by atomic mass is 10.3. The van der Waals surface area contributed by atoms with E-state index in [0.717, 1.165) is 5.55 Å². The predicted molar refractivity (Wildman–Crippen MR) is 64.7 cm³/mol. The van der Waals surface area contributed by atoms with Gasteiger partial charge in [-0.15, -0.1) is 11.6 Å². The summed E-state index contributed by atoms with van der Waals surface area (Å²) < 4.78 is 26.9. The number of benzene rings is 1. The molecule has 0 saturated heterocycles. The van der Waals surface area contributed by atoms with E-state index in [1.165, 1.54) is 0 Å². The first kappa shape index (κ1) is 12.8. The lowest BCUT2D eigenvalue weighted by molar-refractivity contribution is 0.415. The Kier molecular flexibility index (Phi) is 4.57. The maximum Gasteiger partial charge on any atom is 0.204 e. The summed E-state index contributed by atoms with van der Waals surface area (Å²) in [6.07, 6.45) is 0. The zero-order valence-electron chi connectivity index (χ0n) is 8.55. The molecule has 0 radical (unpaired) electrons. The van der Waals surface area contributed by atoms with Crippen LogP contribution in [0.3, 0.4) is 0 Å². The summed E-state index contributed by atoms with van der Waals surface area (Å²) >= 11 is 5.19. The maximum atomic E-state index is 10.9. The molecule has 0 aromatic heterocycles. The molecule has 1 aromatic rings. The van der Waals surface area contributed by atoms with Gasteiger partial charge in [0.25, 0.3) is 0 Å². The number of rotatable bonds is 5. The molecule has 7 heteroatoms. The fraction of sp³-hybridized carbons (Fsp3) is 0.222. The van der Waals surface area contributed by atoms with E-state index in [9.17, 15) is 8.42 Å². The third-order valence-electron chi connectivity index (χ3n) is 1.65. The number of hydrogen-bond acceptors (Lipinski definition) is 5. The van der Waals surface area contributed by atoms with Gasteiger partial charge in [0.1, 0.15) is 16.5 Å². The number of halogens is 1. The summed E-state index contributed by atoms with van der Waals surface area (Å²) in [6.45, 7) is 0. The highest BCUT2D eigenvalue weighted by Crippen LogP contribution is 2.14. The average Bonchev–Trinajstić information content (AvgIpc) is 2.30. The van der Waals surface area contributed by atoms with Crippen LogP contribution < -0.4 is 10.2 Å². The minimum absolute atomic E-state index is 0.485. The molecule has 0 atom stereocenters. The second-order valence-corrected chi connectivity index (χ2v) is 5.26. The lowest BCUT2D eigenvalue weighted by Gasteiger charge is -2.01. The van der Waals surface area contributed by atoms with Crippen LogP contribution in [0.2, 0.25) is 0 Å². The van der Waals surface area contributed by atoms with Crippen LogP contribution in [0.5, 0.6) is 5.75 Å². The molecule has 1 N–H and O–H groups in total. The van der Waals surface area contributed by atoms with Crippen molar-refractivity contribution in [2.75, 3.05) is 17.7 Å². The first-order valence-electron chi connectivity index (χ1n) is 4.29. The van der Waals surface area contributed by atoms with Crippen molar-refractivity contribution in [3.05, 3.63) is 24.3 Å². The number of hydrazone groups is 1. The summed E-state index contributed by atoms with van der Waals surface area (Å²) in [7, 11) is -1.85. The number of alkyl halides is 1. The second-order valence-electron chi connectivity index (χ2n) is 2.85. The molecule has 88 valence electrons. The minimum atomic E-state index is -3.42. The van der Waals surface area contributed by atoms with Crippen molar-refractivity contribution in [2.45, 2.75) is 0 Å². The fourth-order valence-corrected chi connectivity index (χ4v) is 1.31. The highest BCUT2D eigenvalue weighted by molar-refractivity contribution is 8.05. The van der Waals surface area contributed by atoms with Gasteiger partial charge in [0.15, 0.2) is 0 Å². The molecular weight excluding hydrogens is 252 g/mol. The first-order valence-corrected chi connectivity index (χ1v) is 6.54. The Labute approximate surface area is 99.0 Å². The third-order valence-corrected chi connectivity index (χ3v) is 3.29. The van der Waals surface area contributed by atoms with E-state index in [1.54, 1.807) is 31.4 Å². The maximum absolute atomic E-state index is 10.9. The van der Waals surface area contributed by atoms with Crippen LogP contribution in [-0.2, 0) is 9.84 Å². The Morgan fingerprint density at radius 2 is 2.06 bits per heavy atom. The number of methoxy groups -OCH3 is 1. The standard InChI is InChI=1S/C9H11ClN2O3S/c1-15-9-4-2-8(3-5-9)12-11-7-16(13,14)6-10/h2-5,7,12H,6H2,1H3/b11-7-. The SMILES string of the molecule is COc1ccc(N/N=C\S(=O)(=O)CCl)cc1. The Morgan fingerprint density at radius 1 is 1.44 bits per heavy atom. The van der Waals surface area contributed by atoms with Gasteiger partial charge >= 0.3 is 0 Å². The van der Waals surface area contributed by atoms with E-state index in [1.807, 2.05) is 0 Å². The Bertz CT molecular complexity index is 456. The first-order chi connectivity index (χ1) is 7.57. The molecule has 0 saturated carbocycles. The van der Waals surface area contributed by atoms with Gasteiger partial charge in [-0.2, -0.15) is 5.10 Å². The van der Waals surface area contributed by atoms with Gasteiger partial charge in [-0.25, -0.2) is 8.42 Å². The van der Waals surface area contributed by atoms with Crippen molar-refractivity contribution in [1.29, 1.82) is 0 Å². The number of sulfone groups is 1. The predicted octanol–water partition coefficient (Wildman–Crippen LogP) is 1.66. The largest absolute Gasteiger partial charge is 0.497 e. The molecule has 1 rings (SSSR count). The van der Waals surface area contributed by atoms with E-state index in [-0.39, 0.29) is 0 Å². The van der Waals surface area contributed by atoms with Gasteiger partial charge in [0.2, 0.25) is 9.84 Å². The molecule has 0 amide bonds. The summed E-state index contributed by atoms with van der Waals surface area (Å²) in [5, 5.41) is 3.07. The minimum Gasteiger partial charge on any atom is -0.497 e. The normalized spacial score (nSPS) is 11.6. The zero-order chi connectivity index (χ0) is 12.0. The van der Waals surface area contributed by atoms with E-state index < -0.39 is 15.0 Å². The van der Waals surface area contributed by atoms with Crippen molar-refractivity contribution in [2.24, 2.45) is 5.10 Å². The van der Waals surface area contributed by atoms with Gasteiger partial charge in [-0.1, -0.05) is 0 Å². The highest BCUT2D eigenvalue weighted by atomic mass is 35.5. The molecular formula is C9H11ClN2O3S. The lowest BCUT2D eigenvalue weighted by Crippen LogP contribution is -2.03. The van der Waals surface area contributed by atoms with Gasteiger partial charge in [-0.3, -0.25) is 5.43 Å². The molecule has 0 aliphatic heterocycles. The molecule has 0 bridgehead atoms. The number of anilines is 1. The summed E-state index contributed by atoms with van der Waals surface area (Å²) in [4.78, 5) is 0. The van der Waals surface area contributed by atoms with Crippen LogP contribution in [0.25, 0.3) is 0 Å². The summed E-state index contributed by atoms with van der Waals surface area (Å²) in [5.74, 6) is 0.711. The Morgan fingerprint density at radius 3 is 2.56 bits per heavy atom.